The predicted molar refractivity (Wildman–Crippen MR) is 61.8 cm³/mol. The molecule has 2 rings (SSSR count). The van der Waals surface area contributed by atoms with Crippen LogP contribution in [0.5, 0.6) is 0 Å². The van der Waals surface area contributed by atoms with E-state index in [2.05, 4.69) is 4.98 Å². The number of fused-ring (bicyclic) bond motifs is 1. The Morgan fingerprint density at radius 2 is 2.38 bits per heavy atom. The third-order valence-corrected chi connectivity index (χ3v) is 3.04. The fourth-order valence-corrected chi connectivity index (χ4v) is 2.16. The van der Waals surface area contributed by atoms with Crippen LogP contribution < -0.4 is 5.56 Å². The molecule has 5 nitrogen and oxygen atoms in total. The summed E-state index contributed by atoms with van der Waals surface area (Å²) in [7, 11) is 0. The van der Waals surface area contributed by atoms with Gasteiger partial charge in [-0.05, 0) is 11.4 Å². The highest BCUT2D eigenvalue weighted by molar-refractivity contribution is 7.17. The van der Waals surface area contributed by atoms with Gasteiger partial charge >= 0.3 is 0 Å². The van der Waals surface area contributed by atoms with Crippen molar-refractivity contribution in [2.24, 2.45) is 0 Å². The topological polar surface area (TPSA) is 64.4 Å². The van der Waals surface area contributed by atoms with E-state index in [1.165, 1.54) is 22.2 Å². The summed E-state index contributed by atoms with van der Waals surface area (Å²) in [6, 6.07) is 1.83. The average Bonchev–Trinajstić information content (AvgIpc) is 2.76. The summed E-state index contributed by atoms with van der Waals surface area (Å²) < 4.78 is 7.30. The van der Waals surface area contributed by atoms with E-state index < -0.39 is 0 Å². The Morgan fingerprint density at radius 1 is 1.50 bits per heavy atom. The first kappa shape index (κ1) is 11.3. The number of aliphatic hydroxyl groups excluding tert-OH is 1. The fraction of sp³-hybridized carbons (Fsp3) is 0.400. The monoisotopic (exact) mass is 240 g/mol. The standard InChI is InChI=1S/C10H12N2O3S/c13-3-5-15-4-2-12-7-11-8-1-6-16-9(8)10(12)14/h1,6-7,13H,2-5H2. The number of aromatic nitrogens is 2. The minimum absolute atomic E-state index is 0.00287. The molecule has 16 heavy (non-hydrogen) atoms. The van der Waals surface area contributed by atoms with Gasteiger partial charge in [0.05, 0.1) is 38.2 Å². The van der Waals surface area contributed by atoms with Gasteiger partial charge in [0, 0.05) is 0 Å². The summed E-state index contributed by atoms with van der Waals surface area (Å²) in [4.78, 5) is 16.1. The molecule has 1 N–H and O–H groups in total. The van der Waals surface area contributed by atoms with Gasteiger partial charge in [-0.15, -0.1) is 11.3 Å². The molecule has 0 aliphatic heterocycles. The van der Waals surface area contributed by atoms with Crippen molar-refractivity contribution in [2.75, 3.05) is 19.8 Å². The second-order valence-corrected chi connectivity index (χ2v) is 4.13. The van der Waals surface area contributed by atoms with Gasteiger partial charge < -0.3 is 9.84 Å². The van der Waals surface area contributed by atoms with Crippen molar-refractivity contribution in [3.8, 4) is 0 Å². The lowest BCUT2D eigenvalue weighted by Crippen LogP contribution is -2.22. The van der Waals surface area contributed by atoms with E-state index in [1.54, 1.807) is 0 Å². The molecular formula is C10H12N2O3S. The fourth-order valence-electron chi connectivity index (χ4n) is 1.37. The average molecular weight is 240 g/mol. The molecule has 0 aliphatic carbocycles. The molecule has 0 saturated heterocycles. The Kier molecular flexibility index (Phi) is 3.66. The first-order chi connectivity index (χ1) is 7.83. The van der Waals surface area contributed by atoms with Crippen molar-refractivity contribution in [1.82, 2.24) is 9.55 Å². The zero-order valence-electron chi connectivity index (χ0n) is 8.63. The summed E-state index contributed by atoms with van der Waals surface area (Å²) in [5.74, 6) is 0. The van der Waals surface area contributed by atoms with E-state index in [0.29, 0.717) is 24.5 Å². The largest absolute Gasteiger partial charge is 0.394 e. The maximum absolute atomic E-state index is 11.9. The van der Waals surface area contributed by atoms with Gasteiger partial charge in [0.15, 0.2) is 0 Å². The molecule has 0 bridgehead atoms. The second-order valence-electron chi connectivity index (χ2n) is 3.21. The second kappa shape index (κ2) is 5.20. The number of thiophene rings is 1. The lowest BCUT2D eigenvalue weighted by atomic mass is 10.4. The van der Waals surface area contributed by atoms with E-state index in [-0.39, 0.29) is 12.2 Å². The van der Waals surface area contributed by atoms with Crippen molar-refractivity contribution < 1.29 is 9.84 Å². The molecule has 0 aliphatic rings. The van der Waals surface area contributed by atoms with Crippen molar-refractivity contribution in [2.45, 2.75) is 6.54 Å². The van der Waals surface area contributed by atoms with Crippen molar-refractivity contribution in [1.29, 1.82) is 0 Å². The lowest BCUT2D eigenvalue weighted by molar-refractivity contribution is 0.0865. The summed E-state index contributed by atoms with van der Waals surface area (Å²) in [5, 5.41) is 10.4. The zero-order valence-corrected chi connectivity index (χ0v) is 9.44. The molecule has 0 unspecified atom stereocenters. The van der Waals surface area contributed by atoms with Crippen LogP contribution in [0.25, 0.3) is 10.2 Å². The quantitative estimate of drug-likeness (QED) is 0.771. The minimum atomic E-state index is -0.0346. The molecule has 6 heteroatoms. The van der Waals surface area contributed by atoms with Gasteiger partial charge in [0.2, 0.25) is 0 Å². The predicted octanol–water partition coefficient (Wildman–Crippen LogP) is 0.467. The summed E-state index contributed by atoms with van der Waals surface area (Å²) in [5.41, 5.74) is 0.704. The first-order valence-electron chi connectivity index (χ1n) is 4.94. The summed E-state index contributed by atoms with van der Waals surface area (Å²) >= 11 is 1.40. The first-order valence-corrected chi connectivity index (χ1v) is 5.82. The van der Waals surface area contributed by atoms with Crippen LogP contribution in [0.2, 0.25) is 0 Å². The van der Waals surface area contributed by atoms with E-state index in [1.807, 2.05) is 11.4 Å². The third kappa shape index (κ3) is 2.29. The summed E-state index contributed by atoms with van der Waals surface area (Å²) in [6.07, 6.45) is 1.53. The van der Waals surface area contributed by atoms with Crippen LogP contribution in [0.4, 0.5) is 0 Å². The molecular weight excluding hydrogens is 228 g/mol. The Labute approximate surface area is 95.9 Å². The maximum Gasteiger partial charge on any atom is 0.271 e. The molecule has 0 saturated carbocycles. The van der Waals surface area contributed by atoms with Crippen LogP contribution >= 0.6 is 11.3 Å². The Balaban J connectivity index is 2.12. The van der Waals surface area contributed by atoms with Crippen molar-refractivity contribution >= 4 is 21.6 Å². The van der Waals surface area contributed by atoms with Gasteiger partial charge in [-0.1, -0.05) is 0 Å². The van der Waals surface area contributed by atoms with Crippen LogP contribution in [0.3, 0.4) is 0 Å². The maximum atomic E-state index is 11.9. The minimum Gasteiger partial charge on any atom is -0.394 e. The molecule has 2 heterocycles. The zero-order chi connectivity index (χ0) is 11.4. The summed E-state index contributed by atoms with van der Waals surface area (Å²) in [6.45, 7) is 1.15. The SMILES string of the molecule is O=c1c2sccc2ncn1CCOCCO. The Morgan fingerprint density at radius 3 is 3.19 bits per heavy atom. The van der Waals surface area contributed by atoms with Crippen LogP contribution in [0.1, 0.15) is 0 Å². The molecule has 0 radical (unpaired) electrons. The van der Waals surface area contributed by atoms with E-state index in [0.717, 1.165) is 5.52 Å². The third-order valence-electron chi connectivity index (χ3n) is 2.15. The number of hydrogen-bond acceptors (Lipinski definition) is 5. The molecule has 0 amide bonds. The number of aliphatic hydroxyl groups is 1. The molecule has 2 aromatic rings. The number of rotatable bonds is 5. The number of nitrogens with zero attached hydrogens (tertiary/aromatic N) is 2. The normalized spacial score (nSPS) is 11.1. The smallest absolute Gasteiger partial charge is 0.271 e. The lowest BCUT2D eigenvalue weighted by Gasteiger charge is -2.05. The van der Waals surface area contributed by atoms with Gasteiger partial charge in [-0.25, -0.2) is 4.98 Å². The van der Waals surface area contributed by atoms with E-state index in [4.69, 9.17) is 9.84 Å². The van der Waals surface area contributed by atoms with Gasteiger partial charge in [-0.2, -0.15) is 0 Å². The Bertz CT molecular complexity index is 520. The van der Waals surface area contributed by atoms with Crippen LogP contribution in [-0.4, -0.2) is 34.5 Å². The van der Waals surface area contributed by atoms with E-state index >= 15 is 0 Å². The number of hydrogen-bond donors (Lipinski definition) is 1. The van der Waals surface area contributed by atoms with Crippen LogP contribution in [-0.2, 0) is 11.3 Å². The van der Waals surface area contributed by atoms with Crippen molar-refractivity contribution in [3.05, 3.63) is 28.1 Å². The van der Waals surface area contributed by atoms with Gasteiger partial charge in [-0.3, -0.25) is 9.36 Å². The van der Waals surface area contributed by atoms with E-state index in [9.17, 15) is 4.79 Å². The highest BCUT2D eigenvalue weighted by Crippen LogP contribution is 2.12. The molecule has 0 aromatic carbocycles. The van der Waals surface area contributed by atoms with Crippen LogP contribution in [0, 0.1) is 0 Å². The van der Waals surface area contributed by atoms with Gasteiger partial charge in [0.25, 0.3) is 5.56 Å². The molecule has 86 valence electrons. The molecule has 0 spiro atoms. The highest BCUT2D eigenvalue weighted by Gasteiger charge is 2.04. The Hall–Kier alpha value is -1.24. The molecule has 0 fully saturated rings. The van der Waals surface area contributed by atoms with Gasteiger partial charge in [0.1, 0.15) is 4.70 Å². The van der Waals surface area contributed by atoms with Crippen molar-refractivity contribution in [3.63, 3.8) is 0 Å². The molecule has 2 aromatic heterocycles. The van der Waals surface area contributed by atoms with Crippen LogP contribution in [0.15, 0.2) is 22.6 Å². The highest BCUT2D eigenvalue weighted by atomic mass is 32.1. The number of ether oxygens (including phenoxy) is 1. The molecule has 0 atom stereocenters.